The SMILES string of the molecule is Cc1cccc(C#Cc2nc3ccc(-c4ccccc4C(C)(C)O)cc3[nH]2)c1.Cc1cccc(C#Cc2nc3ccc(-c4ccccc4NS(C)(=O)=O)cc3[nH]2)c1.Cc1cccc(C#Cc2nc3ccc(-c4ccccc4S(N)(=O)=O)cc3[nH]2)c1. The van der Waals surface area contributed by atoms with E-state index in [2.05, 4.69) is 95.3 Å². The average molecular weight is 1160 g/mol. The number of nitrogens with zero attached hydrogens (tertiary/aromatic N) is 3. The fourth-order valence-electron chi connectivity index (χ4n) is 9.52. The van der Waals surface area contributed by atoms with Crippen LogP contribution in [-0.2, 0) is 25.6 Å². The number of para-hydroxylation sites is 1. The van der Waals surface area contributed by atoms with E-state index in [1.165, 1.54) is 11.6 Å². The Morgan fingerprint density at radius 1 is 0.447 bits per heavy atom. The molecule has 0 bridgehead atoms. The lowest BCUT2D eigenvalue weighted by Gasteiger charge is -2.21. The van der Waals surface area contributed by atoms with Crippen LogP contribution in [0.25, 0.3) is 66.5 Å². The summed E-state index contributed by atoms with van der Waals surface area (Å²) >= 11 is 0. The summed E-state index contributed by atoms with van der Waals surface area (Å²) in [4.78, 5) is 23.4. The summed E-state index contributed by atoms with van der Waals surface area (Å²) < 4.78 is 49.7. The van der Waals surface area contributed by atoms with Gasteiger partial charge in [0.2, 0.25) is 20.0 Å². The van der Waals surface area contributed by atoms with Crippen molar-refractivity contribution >= 4 is 58.8 Å². The van der Waals surface area contributed by atoms with Crippen LogP contribution in [0.3, 0.4) is 0 Å². The van der Waals surface area contributed by atoms with E-state index in [0.29, 0.717) is 28.7 Å². The number of nitrogens with one attached hydrogen (secondary N) is 4. The van der Waals surface area contributed by atoms with Crippen LogP contribution >= 0.6 is 0 Å². The molecule has 0 aliphatic rings. The van der Waals surface area contributed by atoms with Gasteiger partial charge in [-0.2, -0.15) is 0 Å². The number of benzene rings is 9. The minimum atomic E-state index is -3.82. The molecule has 0 aliphatic carbocycles. The number of hydrogen-bond donors (Lipinski definition) is 6. The molecule has 0 radical (unpaired) electrons. The summed E-state index contributed by atoms with van der Waals surface area (Å²) in [6.07, 6.45) is 1.14. The van der Waals surface area contributed by atoms with Crippen molar-refractivity contribution in [1.29, 1.82) is 0 Å². The highest BCUT2D eigenvalue weighted by molar-refractivity contribution is 7.92. The van der Waals surface area contributed by atoms with Gasteiger partial charge in [0, 0.05) is 27.8 Å². The van der Waals surface area contributed by atoms with Crippen molar-refractivity contribution in [3.05, 3.63) is 257 Å². The first-order chi connectivity index (χ1) is 40.7. The number of sulfonamides is 2. The molecule has 85 heavy (non-hydrogen) atoms. The zero-order chi connectivity index (χ0) is 59.9. The van der Waals surface area contributed by atoms with Crippen LogP contribution in [0.5, 0.6) is 0 Å². The van der Waals surface area contributed by atoms with Crippen molar-refractivity contribution in [2.45, 2.75) is 45.1 Å². The standard InChI is InChI=1S/C25H22N2O.C23H19N3O2S.C22H17N3O2S/c1-17-7-6-8-18(15-17)11-14-24-26-22-13-12-19(16-23(22)27-24)20-9-4-5-10-21(20)25(2,3)28;1-16-6-5-7-17(14-16)10-13-23-24-21-12-11-18(15-22(21)25-23)19-8-3-4-9-20(19)26-29(2,27)28;1-15-5-4-6-16(13-15)9-12-22-24-19-11-10-17(14-20(19)25-22)18-7-2-3-8-21(18)28(23,26)27/h4-10,12-13,15-16,28H,1-3H3,(H,26,27);3-9,11-12,14-15,26H,1-2H3,(H,24,25);2-8,10-11,13-14H,1H3,(H,24,25)(H2,23,26,27). The third-order valence-corrected chi connectivity index (χ3v) is 15.0. The number of H-pyrrole nitrogens is 3. The van der Waals surface area contributed by atoms with Crippen LogP contribution < -0.4 is 9.86 Å². The number of aliphatic hydroxyl groups is 1. The van der Waals surface area contributed by atoms with Crippen LogP contribution in [0.4, 0.5) is 5.69 Å². The first-order valence-electron chi connectivity index (χ1n) is 26.9. The number of aryl methyl sites for hydroxylation is 3. The molecular weight excluding hydrogens is 1100 g/mol. The van der Waals surface area contributed by atoms with Crippen molar-refractivity contribution in [2.75, 3.05) is 11.0 Å². The van der Waals surface area contributed by atoms with Crippen molar-refractivity contribution in [2.24, 2.45) is 5.14 Å². The van der Waals surface area contributed by atoms with E-state index in [-0.39, 0.29) is 4.90 Å². The number of rotatable bonds is 7. The monoisotopic (exact) mass is 1150 g/mol. The van der Waals surface area contributed by atoms with Crippen LogP contribution in [0, 0.1) is 56.3 Å². The first-order valence-corrected chi connectivity index (χ1v) is 30.4. The summed E-state index contributed by atoms with van der Waals surface area (Å²) in [7, 11) is -7.19. The lowest BCUT2D eigenvalue weighted by molar-refractivity contribution is 0.0792. The normalized spacial score (nSPS) is 11.2. The minimum absolute atomic E-state index is 0.0910. The van der Waals surface area contributed by atoms with Crippen molar-refractivity contribution in [3.63, 3.8) is 0 Å². The maximum atomic E-state index is 11.9. The van der Waals surface area contributed by atoms with E-state index >= 15 is 0 Å². The Kier molecular flexibility index (Phi) is 16.8. The zero-order valence-corrected chi connectivity index (χ0v) is 49.0. The van der Waals surface area contributed by atoms with E-state index in [1.807, 2.05) is 159 Å². The molecule has 0 saturated heterocycles. The van der Waals surface area contributed by atoms with E-state index in [9.17, 15) is 21.9 Å². The van der Waals surface area contributed by atoms with Crippen molar-refractivity contribution in [3.8, 4) is 68.9 Å². The van der Waals surface area contributed by atoms with E-state index in [0.717, 1.165) is 101 Å². The summed E-state index contributed by atoms with van der Waals surface area (Å²) in [5.41, 5.74) is 16.8. The van der Waals surface area contributed by atoms with E-state index in [4.69, 9.17) is 5.14 Å². The fourth-order valence-corrected chi connectivity index (χ4v) is 10.9. The number of hydrogen-bond acceptors (Lipinski definition) is 8. The number of aromatic amines is 3. The highest BCUT2D eigenvalue weighted by Crippen LogP contribution is 2.34. The molecule has 3 heterocycles. The second kappa shape index (κ2) is 24.6. The molecule has 0 spiro atoms. The predicted molar refractivity (Wildman–Crippen MR) is 341 cm³/mol. The molecule has 0 atom stereocenters. The number of primary sulfonamides is 1. The van der Waals surface area contributed by atoms with Crippen molar-refractivity contribution in [1.82, 2.24) is 29.9 Å². The molecule has 9 aromatic carbocycles. The predicted octanol–water partition coefficient (Wildman–Crippen LogP) is 13.1. The molecule has 0 aliphatic heterocycles. The molecule has 0 saturated carbocycles. The maximum absolute atomic E-state index is 11.9. The topological polar surface area (TPSA) is 213 Å². The summed E-state index contributed by atoms with van der Waals surface area (Å²) in [6.45, 7) is 9.72. The number of nitrogens with two attached hydrogens (primary N) is 1. The highest BCUT2D eigenvalue weighted by atomic mass is 32.2. The summed E-state index contributed by atoms with van der Waals surface area (Å²) in [5, 5.41) is 15.9. The fraction of sp³-hybridized carbons (Fsp3) is 0.100. The molecule has 7 N–H and O–H groups in total. The van der Waals surface area contributed by atoms with Gasteiger partial charge in [0.25, 0.3) is 0 Å². The van der Waals surface area contributed by atoms with E-state index in [1.54, 1.807) is 44.2 Å². The molecule has 0 unspecified atom stereocenters. The van der Waals surface area contributed by atoms with Gasteiger partial charge in [-0.1, -0.05) is 133 Å². The zero-order valence-electron chi connectivity index (χ0n) is 47.4. The van der Waals surface area contributed by atoms with Crippen molar-refractivity contribution < 1.29 is 21.9 Å². The Balaban J connectivity index is 0.000000142. The number of fused-ring (bicyclic) bond motifs is 3. The number of imidazole rings is 3. The van der Waals surface area contributed by atoms with Crippen LogP contribution in [0.15, 0.2) is 205 Å². The molecule has 0 fully saturated rings. The number of aromatic nitrogens is 6. The minimum Gasteiger partial charge on any atom is -0.386 e. The quantitative estimate of drug-likeness (QED) is 0.0843. The van der Waals surface area contributed by atoms with Gasteiger partial charge in [-0.05, 0) is 182 Å². The highest BCUT2D eigenvalue weighted by Gasteiger charge is 2.21. The van der Waals surface area contributed by atoms with Crippen LogP contribution in [0.2, 0.25) is 0 Å². The Hall–Kier alpha value is -10.3. The molecule has 420 valence electrons. The lowest BCUT2D eigenvalue weighted by atomic mass is 9.89. The third kappa shape index (κ3) is 14.9. The molecular formula is C70H58N8O5S2. The molecule has 3 aromatic heterocycles. The van der Waals surface area contributed by atoms with Crippen LogP contribution in [-0.4, -0.2) is 58.1 Å². The van der Waals surface area contributed by atoms with Gasteiger partial charge < -0.3 is 20.1 Å². The van der Waals surface area contributed by atoms with Gasteiger partial charge in [0.15, 0.2) is 17.5 Å². The first kappa shape index (κ1) is 57.9. The Labute approximate surface area is 494 Å². The molecule has 12 rings (SSSR count). The van der Waals surface area contributed by atoms with Gasteiger partial charge in [-0.15, -0.1) is 0 Å². The smallest absolute Gasteiger partial charge is 0.238 e. The summed E-state index contributed by atoms with van der Waals surface area (Å²) in [5.74, 6) is 20.4. The molecule has 13 nitrogen and oxygen atoms in total. The lowest BCUT2D eigenvalue weighted by Crippen LogP contribution is -2.16. The van der Waals surface area contributed by atoms with Gasteiger partial charge >= 0.3 is 0 Å². The Morgan fingerprint density at radius 3 is 1.24 bits per heavy atom. The maximum Gasteiger partial charge on any atom is 0.238 e. The van der Waals surface area contributed by atoms with Gasteiger partial charge in [-0.25, -0.2) is 36.9 Å². The second-order valence-electron chi connectivity index (χ2n) is 20.9. The molecule has 12 aromatic rings. The molecule has 15 heteroatoms. The van der Waals surface area contributed by atoms with E-state index < -0.39 is 25.6 Å². The third-order valence-electron chi connectivity index (χ3n) is 13.4. The van der Waals surface area contributed by atoms with Crippen LogP contribution in [0.1, 0.15) is 70.3 Å². The average Bonchev–Trinajstić information content (AvgIpc) is 4.42. The van der Waals surface area contributed by atoms with Gasteiger partial charge in [0.1, 0.15) is 0 Å². The van der Waals surface area contributed by atoms with Gasteiger partial charge in [-0.3, -0.25) is 4.72 Å². The summed E-state index contributed by atoms with van der Waals surface area (Å²) in [6, 6.07) is 63.3. The largest absolute Gasteiger partial charge is 0.386 e. The van der Waals surface area contributed by atoms with Gasteiger partial charge in [0.05, 0.1) is 55.5 Å². The number of anilines is 1. The molecule has 0 amide bonds. The Morgan fingerprint density at radius 2 is 0.824 bits per heavy atom. The Bertz CT molecular complexity index is 4940. The second-order valence-corrected chi connectivity index (χ2v) is 24.2.